The molecule has 1 fully saturated rings. The summed E-state index contributed by atoms with van der Waals surface area (Å²) < 4.78 is 1.21. The minimum atomic E-state index is 0.943. The van der Waals surface area contributed by atoms with Gasteiger partial charge in [0.15, 0.2) is 0 Å². The fraction of sp³-hybridized carbons (Fsp3) is 0.636. The standard InChI is InChI=1S/C11H16BrNS/c12-10-5-11(14-8-10)7-13-6-9-3-1-2-4-9/h5,8-9,13H,1-4,6-7H2. The largest absolute Gasteiger partial charge is 0.312 e. The van der Waals surface area contributed by atoms with E-state index in [0.29, 0.717) is 0 Å². The Hall–Kier alpha value is 0.140. The van der Waals surface area contributed by atoms with Crippen molar-refractivity contribution in [1.82, 2.24) is 5.32 Å². The molecule has 0 amide bonds. The predicted octanol–water partition coefficient (Wildman–Crippen LogP) is 3.79. The molecule has 2 rings (SSSR count). The molecule has 0 aromatic carbocycles. The van der Waals surface area contributed by atoms with E-state index < -0.39 is 0 Å². The van der Waals surface area contributed by atoms with Crippen LogP contribution in [-0.2, 0) is 6.54 Å². The van der Waals surface area contributed by atoms with Crippen molar-refractivity contribution in [3.63, 3.8) is 0 Å². The number of nitrogens with one attached hydrogen (secondary N) is 1. The third-order valence-electron chi connectivity index (χ3n) is 2.83. The molecular formula is C11H16BrNS. The number of halogens is 1. The van der Waals surface area contributed by atoms with Crippen molar-refractivity contribution in [3.05, 3.63) is 20.8 Å². The maximum Gasteiger partial charge on any atom is 0.0300 e. The third kappa shape index (κ3) is 3.07. The zero-order valence-electron chi connectivity index (χ0n) is 8.26. The summed E-state index contributed by atoms with van der Waals surface area (Å²) in [5.41, 5.74) is 0. The molecule has 1 aliphatic rings. The maximum absolute atomic E-state index is 3.55. The lowest BCUT2D eigenvalue weighted by molar-refractivity contribution is 0.491. The van der Waals surface area contributed by atoms with E-state index in [2.05, 4.69) is 32.7 Å². The van der Waals surface area contributed by atoms with E-state index in [-0.39, 0.29) is 0 Å². The van der Waals surface area contributed by atoms with E-state index in [4.69, 9.17) is 0 Å². The lowest BCUT2D eigenvalue weighted by Gasteiger charge is -2.09. The van der Waals surface area contributed by atoms with Crippen LogP contribution in [0.2, 0.25) is 0 Å². The van der Waals surface area contributed by atoms with Gasteiger partial charge in [-0.25, -0.2) is 0 Å². The van der Waals surface area contributed by atoms with Crippen LogP contribution in [0.25, 0.3) is 0 Å². The van der Waals surface area contributed by atoms with Gasteiger partial charge in [0.05, 0.1) is 0 Å². The maximum atomic E-state index is 3.55. The van der Waals surface area contributed by atoms with Crippen LogP contribution in [0.15, 0.2) is 15.9 Å². The average Bonchev–Trinajstić information content (AvgIpc) is 2.77. The van der Waals surface area contributed by atoms with Gasteiger partial charge < -0.3 is 5.32 Å². The van der Waals surface area contributed by atoms with Crippen LogP contribution in [0.3, 0.4) is 0 Å². The minimum absolute atomic E-state index is 0.943. The van der Waals surface area contributed by atoms with Gasteiger partial charge >= 0.3 is 0 Å². The fourth-order valence-corrected chi connectivity index (χ4v) is 3.48. The molecule has 1 aliphatic carbocycles. The van der Waals surface area contributed by atoms with E-state index in [1.165, 1.54) is 41.6 Å². The Bertz CT molecular complexity index is 279. The summed E-state index contributed by atoms with van der Waals surface area (Å²) in [6.07, 6.45) is 5.75. The van der Waals surface area contributed by atoms with Crippen LogP contribution in [0, 0.1) is 5.92 Å². The summed E-state index contributed by atoms with van der Waals surface area (Å²) in [6, 6.07) is 2.20. The second kappa shape index (κ2) is 5.29. The normalized spacial score (nSPS) is 17.8. The SMILES string of the molecule is Brc1csc(CNCC2CCCC2)c1. The number of thiophene rings is 1. The second-order valence-corrected chi connectivity index (χ2v) is 5.92. The Morgan fingerprint density at radius 3 is 2.86 bits per heavy atom. The average molecular weight is 274 g/mol. The van der Waals surface area contributed by atoms with Crippen LogP contribution in [0.1, 0.15) is 30.6 Å². The smallest absolute Gasteiger partial charge is 0.0300 e. The van der Waals surface area contributed by atoms with Crippen LogP contribution >= 0.6 is 27.3 Å². The number of hydrogen-bond acceptors (Lipinski definition) is 2. The van der Waals surface area contributed by atoms with Crippen LogP contribution in [0.4, 0.5) is 0 Å². The van der Waals surface area contributed by atoms with Gasteiger partial charge in [0.2, 0.25) is 0 Å². The molecular weight excluding hydrogens is 258 g/mol. The van der Waals surface area contributed by atoms with Crippen molar-refractivity contribution < 1.29 is 0 Å². The first-order valence-electron chi connectivity index (χ1n) is 5.28. The summed E-state index contributed by atoms with van der Waals surface area (Å²) >= 11 is 5.30. The third-order valence-corrected chi connectivity index (χ3v) is 4.53. The molecule has 0 saturated heterocycles. The molecule has 1 aromatic heterocycles. The highest BCUT2D eigenvalue weighted by atomic mass is 79.9. The van der Waals surface area contributed by atoms with E-state index >= 15 is 0 Å². The Morgan fingerprint density at radius 1 is 1.43 bits per heavy atom. The van der Waals surface area contributed by atoms with Gasteiger partial charge in [-0.2, -0.15) is 0 Å². The van der Waals surface area contributed by atoms with Gasteiger partial charge in [-0.05, 0) is 47.3 Å². The van der Waals surface area contributed by atoms with Gasteiger partial charge in [0, 0.05) is 21.3 Å². The van der Waals surface area contributed by atoms with Crippen molar-refractivity contribution in [3.8, 4) is 0 Å². The first-order chi connectivity index (χ1) is 6.84. The highest BCUT2D eigenvalue weighted by Crippen LogP contribution is 2.24. The molecule has 14 heavy (non-hydrogen) atoms. The molecule has 0 radical (unpaired) electrons. The molecule has 3 heteroatoms. The van der Waals surface area contributed by atoms with Gasteiger partial charge in [-0.1, -0.05) is 12.8 Å². The number of rotatable bonds is 4. The quantitative estimate of drug-likeness (QED) is 0.880. The molecule has 0 aliphatic heterocycles. The minimum Gasteiger partial charge on any atom is -0.312 e. The Balaban J connectivity index is 1.67. The first-order valence-corrected chi connectivity index (χ1v) is 6.95. The lowest BCUT2D eigenvalue weighted by atomic mass is 10.1. The van der Waals surface area contributed by atoms with Gasteiger partial charge in [-0.15, -0.1) is 11.3 Å². The summed E-state index contributed by atoms with van der Waals surface area (Å²) in [5.74, 6) is 0.943. The molecule has 1 nitrogen and oxygen atoms in total. The summed E-state index contributed by atoms with van der Waals surface area (Å²) in [4.78, 5) is 1.43. The summed E-state index contributed by atoms with van der Waals surface area (Å²) in [7, 11) is 0. The van der Waals surface area contributed by atoms with Crippen molar-refractivity contribution in [2.24, 2.45) is 5.92 Å². The van der Waals surface area contributed by atoms with Crippen LogP contribution < -0.4 is 5.32 Å². The number of hydrogen-bond donors (Lipinski definition) is 1. The van der Waals surface area contributed by atoms with Gasteiger partial charge in [0.25, 0.3) is 0 Å². The highest BCUT2D eigenvalue weighted by Gasteiger charge is 2.13. The topological polar surface area (TPSA) is 12.0 Å². The van der Waals surface area contributed by atoms with E-state index in [0.717, 1.165) is 12.5 Å². The summed E-state index contributed by atoms with van der Waals surface area (Å²) in [6.45, 7) is 2.24. The Kier molecular flexibility index (Phi) is 4.02. The van der Waals surface area contributed by atoms with Crippen molar-refractivity contribution in [2.45, 2.75) is 32.2 Å². The molecule has 1 saturated carbocycles. The fourth-order valence-electron chi connectivity index (χ4n) is 2.06. The second-order valence-electron chi connectivity index (χ2n) is 4.01. The van der Waals surface area contributed by atoms with Crippen LogP contribution in [0.5, 0.6) is 0 Å². The molecule has 0 atom stereocenters. The van der Waals surface area contributed by atoms with E-state index in [1.807, 2.05) is 11.3 Å². The molecule has 1 N–H and O–H groups in total. The lowest BCUT2D eigenvalue weighted by Crippen LogP contribution is -2.20. The molecule has 1 aromatic rings. The molecule has 0 spiro atoms. The van der Waals surface area contributed by atoms with Crippen molar-refractivity contribution in [2.75, 3.05) is 6.54 Å². The van der Waals surface area contributed by atoms with Crippen molar-refractivity contribution >= 4 is 27.3 Å². The van der Waals surface area contributed by atoms with Gasteiger partial charge in [-0.3, -0.25) is 0 Å². The summed E-state index contributed by atoms with van der Waals surface area (Å²) in [5, 5.41) is 5.69. The molecule has 0 unspecified atom stereocenters. The predicted molar refractivity (Wildman–Crippen MR) is 65.7 cm³/mol. The highest BCUT2D eigenvalue weighted by molar-refractivity contribution is 9.10. The first kappa shape index (κ1) is 10.7. The molecule has 1 heterocycles. The zero-order chi connectivity index (χ0) is 9.80. The molecule has 78 valence electrons. The monoisotopic (exact) mass is 273 g/mol. The van der Waals surface area contributed by atoms with Crippen LogP contribution in [-0.4, -0.2) is 6.54 Å². The van der Waals surface area contributed by atoms with Crippen molar-refractivity contribution in [1.29, 1.82) is 0 Å². The zero-order valence-corrected chi connectivity index (χ0v) is 10.7. The van der Waals surface area contributed by atoms with E-state index in [9.17, 15) is 0 Å². The van der Waals surface area contributed by atoms with Gasteiger partial charge in [0.1, 0.15) is 0 Å². The Morgan fingerprint density at radius 2 is 2.21 bits per heavy atom. The van der Waals surface area contributed by atoms with E-state index in [1.54, 1.807) is 0 Å². The molecule has 0 bridgehead atoms. The Labute approximate surface area is 98.0 Å².